The van der Waals surface area contributed by atoms with Gasteiger partial charge in [0.05, 0.1) is 18.0 Å². The first kappa shape index (κ1) is 16.3. The summed E-state index contributed by atoms with van der Waals surface area (Å²) in [6.45, 7) is 2.21. The summed E-state index contributed by atoms with van der Waals surface area (Å²) in [6.07, 6.45) is 0.207. The molecule has 2 aromatic heterocycles. The van der Waals surface area contributed by atoms with Crippen molar-refractivity contribution in [2.75, 3.05) is 7.05 Å². The molecule has 1 aromatic carbocycles. The van der Waals surface area contributed by atoms with Crippen LogP contribution in [0.5, 0.6) is 0 Å². The van der Waals surface area contributed by atoms with Gasteiger partial charge in [-0.25, -0.2) is 4.68 Å². The third-order valence-electron chi connectivity index (χ3n) is 4.10. The summed E-state index contributed by atoms with van der Waals surface area (Å²) in [5, 5.41) is 10.5. The molecule has 7 heteroatoms. The monoisotopic (exact) mass is 342 g/mol. The highest BCUT2D eigenvalue weighted by atomic mass is 32.1. The quantitative estimate of drug-likeness (QED) is 0.714. The average Bonchev–Trinajstić information content (AvgIpc) is 3.14. The smallest absolute Gasteiger partial charge is 0.277 e. The van der Waals surface area contributed by atoms with Gasteiger partial charge in [-0.3, -0.25) is 9.59 Å². The molecule has 3 rings (SSSR count). The number of carbonyl (C=O) groups excluding carboxylic acids is 1. The first-order chi connectivity index (χ1) is 11.6. The summed E-state index contributed by atoms with van der Waals surface area (Å²) in [5.74, 6) is -0.0299. The van der Waals surface area contributed by atoms with Crippen molar-refractivity contribution in [1.82, 2.24) is 19.9 Å². The standard InChI is InChI=1S/C17H18N4O2S/c1-12(15-8-5-11-24-15)20(2)16(22)9-10-21-17(23)13-6-3-4-7-14(13)18-19-21/h3-8,11-12H,9-10H2,1-2H3. The molecule has 0 saturated heterocycles. The minimum atomic E-state index is -0.220. The van der Waals surface area contributed by atoms with Crippen molar-refractivity contribution in [3.05, 3.63) is 57.0 Å². The number of aryl methyl sites for hydroxylation is 1. The molecule has 1 amide bonds. The number of aromatic nitrogens is 3. The molecule has 0 fully saturated rings. The van der Waals surface area contributed by atoms with Crippen LogP contribution < -0.4 is 5.56 Å². The molecule has 3 aromatic rings. The molecular formula is C17H18N4O2S. The Morgan fingerprint density at radius 1 is 1.29 bits per heavy atom. The van der Waals surface area contributed by atoms with Crippen LogP contribution in [0.25, 0.3) is 10.9 Å². The molecule has 0 saturated carbocycles. The van der Waals surface area contributed by atoms with Gasteiger partial charge >= 0.3 is 0 Å². The fourth-order valence-corrected chi connectivity index (χ4v) is 3.31. The molecule has 0 aliphatic carbocycles. The highest BCUT2D eigenvalue weighted by Crippen LogP contribution is 2.23. The van der Waals surface area contributed by atoms with Crippen molar-refractivity contribution in [2.45, 2.75) is 25.9 Å². The zero-order valence-electron chi connectivity index (χ0n) is 13.5. The Labute approximate surface area is 143 Å². The van der Waals surface area contributed by atoms with Crippen LogP contribution in [0.4, 0.5) is 0 Å². The first-order valence-electron chi connectivity index (χ1n) is 7.69. The Bertz CT molecular complexity index is 904. The van der Waals surface area contributed by atoms with E-state index in [1.807, 2.05) is 30.5 Å². The second-order valence-electron chi connectivity index (χ2n) is 5.58. The number of carbonyl (C=O) groups is 1. The molecule has 124 valence electrons. The topological polar surface area (TPSA) is 68.1 Å². The van der Waals surface area contributed by atoms with E-state index in [0.29, 0.717) is 10.9 Å². The summed E-state index contributed by atoms with van der Waals surface area (Å²) < 4.78 is 1.25. The lowest BCUT2D eigenvalue weighted by Gasteiger charge is -2.24. The Morgan fingerprint density at radius 3 is 2.83 bits per heavy atom. The van der Waals surface area contributed by atoms with Crippen molar-refractivity contribution in [1.29, 1.82) is 0 Å². The second kappa shape index (κ2) is 6.92. The Hall–Kier alpha value is -2.54. The lowest BCUT2D eigenvalue weighted by atomic mass is 10.2. The van der Waals surface area contributed by atoms with Gasteiger partial charge in [-0.2, -0.15) is 0 Å². The number of hydrogen-bond donors (Lipinski definition) is 0. The fraction of sp³-hybridized carbons (Fsp3) is 0.294. The van der Waals surface area contributed by atoms with Crippen LogP contribution in [-0.4, -0.2) is 32.8 Å². The van der Waals surface area contributed by atoms with E-state index in [1.165, 1.54) is 4.68 Å². The van der Waals surface area contributed by atoms with E-state index in [0.717, 1.165) is 4.88 Å². The molecule has 0 bridgehead atoms. The maximum atomic E-state index is 12.4. The number of hydrogen-bond acceptors (Lipinski definition) is 5. The predicted octanol–water partition coefficient (Wildman–Crippen LogP) is 2.46. The average molecular weight is 342 g/mol. The minimum absolute atomic E-state index is 0.0110. The van der Waals surface area contributed by atoms with Crippen molar-refractivity contribution in [2.24, 2.45) is 0 Å². The van der Waals surface area contributed by atoms with Crippen molar-refractivity contribution in [3.8, 4) is 0 Å². The third-order valence-corrected chi connectivity index (χ3v) is 5.14. The molecule has 6 nitrogen and oxygen atoms in total. The summed E-state index contributed by atoms with van der Waals surface area (Å²) in [7, 11) is 1.78. The molecule has 0 aliphatic heterocycles. The van der Waals surface area contributed by atoms with E-state index in [4.69, 9.17) is 0 Å². The SMILES string of the molecule is CC(c1cccs1)N(C)C(=O)CCn1nnc2ccccc2c1=O. The molecular weight excluding hydrogens is 324 g/mol. The second-order valence-corrected chi connectivity index (χ2v) is 6.56. The van der Waals surface area contributed by atoms with Crippen LogP contribution in [-0.2, 0) is 11.3 Å². The zero-order valence-corrected chi connectivity index (χ0v) is 14.4. The number of rotatable bonds is 5. The molecule has 0 radical (unpaired) electrons. The van der Waals surface area contributed by atoms with Gasteiger partial charge in [0.2, 0.25) is 5.91 Å². The van der Waals surface area contributed by atoms with Crippen LogP contribution in [0, 0.1) is 0 Å². The number of benzene rings is 1. The molecule has 2 heterocycles. The van der Waals surface area contributed by atoms with Gasteiger partial charge in [0.15, 0.2) is 0 Å². The van der Waals surface area contributed by atoms with E-state index in [1.54, 1.807) is 41.5 Å². The van der Waals surface area contributed by atoms with Gasteiger partial charge in [0.25, 0.3) is 5.56 Å². The molecule has 0 N–H and O–H groups in total. The lowest BCUT2D eigenvalue weighted by Crippen LogP contribution is -2.32. The maximum Gasteiger partial charge on any atom is 0.277 e. The van der Waals surface area contributed by atoms with Crippen LogP contribution in [0.2, 0.25) is 0 Å². The molecule has 1 unspecified atom stereocenters. The fourth-order valence-electron chi connectivity index (χ4n) is 2.48. The van der Waals surface area contributed by atoms with Crippen molar-refractivity contribution < 1.29 is 4.79 Å². The van der Waals surface area contributed by atoms with E-state index in [-0.39, 0.29) is 30.5 Å². The third kappa shape index (κ3) is 3.21. The van der Waals surface area contributed by atoms with E-state index in [2.05, 4.69) is 10.3 Å². The molecule has 0 aliphatic rings. The van der Waals surface area contributed by atoms with Gasteiger partial charge < -0.3 is 4.90 Å². The minimum Gasteiger partial charge on any atom is -0.338 e. The number of nitrogens with zero attached hydrogens (tertiary/aromatic N) is 4. The molecule has 24 heavy (non-hydrogen) atoms. The van der Waals surface area contributed by atoms with E-state index in [9.17, 15) is 9.59 Å². The van der Waals surface area contributed by atoms with Crippen molar-refractivity contribution in [3.63, 3.8) is 0 Å². The highest BCUT2D eigenvalue weighted by Gasteiger charge is 2.18. The summed E-state index contributed by atoms with van der Waals surface area (Å²) in [6, 6.07) is 11.1. The van der Waals surface area contributed by atoms with Gasteiger partial charge in [0.1, 0.15) is 5.52 Å². The number of thiophene rings is 1. The van der Waals surface area contributed by atoms with Gasteiger partial charge in [-0.05, 0) is 30.5 Å². The molecule has 1 atom stereocenters. The Morgan fingerprint density at radius 2 is 2.08 bits per heavy atom. The molecule has 0 spiro atoms. The first-order valence-corrected chi connectivity index (χ1v) is 8.57. The van der Waals surface area contributed by atoms with Crippen molar-refractivity contribution >= 4 is 28.1 Å². The highest BCUT2D eigenvalue weighted by molar-refractivity contribution is 7.10. The Balaban J connectivity index is 1.70. The summed E-state index contributed by atoms with van der Waals surface area (Å²) >= 11 is 1.62. The Kier molecular flexibility index (Phi) is 4.71. The van der Waals surface area contributed by atoms with Crippen LogP contribution >= 0.6 is 11.3 Å². The van der Waals surface area contributed by atoms with Gasteiger partial charge in [0, 0.05) is 18.3 Å². The van der Waals surface area contributed by atoms with Crippen LogP contribution in [0.1, 0.15) is 24.3 Å². The normalized spacial score (nSPS) is 12.2. The number of fused-ring (bicyclic) bond motifs is 1. The lowest BCUT2D eigenvalue weighted by molar-refractivity contribution is -0.132. The zero-order chi connectivity index (χ0) is 17.1. The summed E-state index contributed by atoms with van der Waals surface area (Å²) in [4.78, 5) is 27.6. The van der Waals surface area contributed by atoms with Crippen LogP contribution in [0.3, 0.4) is 0 Å². The van der Waals surface area contributed by atoms with Crippen LogP contribution in [0.15, 0.2) is 46.6 Å². The van der Waals surface area contributed by atoms with Gasteiger partial charge in [-0.1, -0.05) is 23.4 Å². The number of amides is 1. The maximum absolute atomic E-state index is 12.4. The van der Waals surface area contributed by atoms with E-state index < -0.39 is 0 Å². The summed E-state index contributed by atoms with van der Waals surface area (Å²) in [5.41, 5.74) is 0.343. The van der Waals surface area contributed by atoms with Gasteiger partial charge in [-0.15, -0.1) is 16.4 Å². The largest absolute Gasteiger partial charge is 0.338 e. The van der Waals surface area contributed by atoms with E-state index >= 15 is 0 Å². The predicted molar refractivity (Wildman–Crippen MR) is 93.9 cm³/mol.